The number of nitrogens with one attached hydrogen (secondary N) is 1. The molecule has 2 rings (SSSR count). The second-order valence-electron chi connectivity index (χ2n) is 4.72. The monoisotopic (exact) mass is 223 g/mol. The largest absolute Gasteiger partial charge is 0.466 e. The van der Waals surface area contributed by atoms with E-state index in [0.717, 1.165) is 50.2 Å². The van der Waals surface area contributed by atoms with Gasteiger partial charge in [0.2, 0.25) is 0 Å². The van der Waals surface area contributed by atoms with Gasteiger partial charge >= 0.3 is 0 Å². The van der Waals surface area contributed by atoms with Crippen molar-refractivity contribution in [2.45, 2.75) is 51.2 Å². The topological polar surface area (TPSA) is 45.4 Å². The summed E-state index contributed by atoms with van der Waals surface area (Å²) in [5.41, 5.74) is 0. The molecule has 1 heterocycles. The summed E-state index contributed by atoms with van der Waals surface area (Å²) in [7, 11) is 0. The van der Waals surface area contributed by atoms with Gasteiger partial charge in [-0.3, -0.25) is 0 Å². The van der Waals surface area contributed by atoms with Crippen LogP contribution in [0.25, 0.3) is 0 Å². The molecule has 90 valence electrons. The molecule has 0 radical (unpaired) electrons. The highest BCUT2D eigenvalue weighted by atomic mass is 16.3. The summed E-state index contributed by atoms with van der Waals surface area (Å²) < 4.78 is 5.51. The maximum absolute atomic E-state index is 9.39. The van der Waals surface area contributed by atoms with Crippen LogP contribution in [0, 0.1) is 6.92 Å². The lowest BCUT2D eigenvalue weighted by molar-refractivity contribution is 0.117. The van der Waals surface area contributed by atoms with Crippen LogP contribution < -0.4 is 5.32 Å². The molecule has 0 aromatic carbocycles. The molecule has 0 saturated heterocycles. The number of aliphatic hydroxyl groups is 1. The number of aliphatic hydroxyl groups excluding tert-OH is 1. The molecule has 1 fully saturated rings. The molecule has 3 nitrogen and oxygen atoms in total. The third kappa shape index (κ3) is 3.35. The molecule has 1 saturated carbocycles. The van der Waals surface area contributed by atoms with Gasteiger partial charge in [-0.2, -0.15) is 0 Å². The molecule has 0 amide bonds. The van der Waals surface area contributed by atoms with Crippen LogP contribution in [0.2, 0.25) is 0 Å². The Bertz CT molecular complexity index is 313. The second kappa shape index (κ2) is 5.51. The van der Waals surface area contributed by atoms with Crippen molar-refractivity contribution < 1.29 is 9.52 Å². The SMILES string of the molecule is Cc1ccc(CCNC2CCC(O)CC2)o1. The Kier molecular flexibility index (Phi) is 4.02. The molecule has 0 aliphatic heterocycles. The van der Waals surface area contributed by atoms with Crippen LogP contribution >= 0.6 is 0 Å². The van der Waals surface area contributed by atoms with Gasteiger partial charge in [0.1, 0.15) is 11.5 Å². The predicted molar refractivity (Wildman–Crippen MR) is 63.4 cm³/mol. The van der Waals surface area contributed by atoms with Gasteiger partial charge in [-0.25, -0.2) is 0 Å². The van der Waals surface area contributed by atoms with E-state index in [4.69, 9.17) is 4.42 Å². The van der Waals surface area contributed by atoms with E-state index in [1.54, 1.807) is 0 Å². The third-order valence-electron chi connectivity index (χ3n) is 3.30. The zero-order valence-corrected chi connectivity index (χ0v) is 9.91. The average molecular weight is 223 g/mol. The maximum atomic E-state index is 9.39. The molecular weight excluding hydrogens is 202 g/mol. The molecular formula is C13H21NO2. The molecule has 1 aromatic heterocycles. The number of hydrogen-bond acceptors (Lipinski definition) is 3. The van der Waals surface area contributed by atoms with Crippen LogP contribution in [0.1, 0.15) is 37.2 Å². The van der Waals surface area contributed by atoms with Gasteiger partial charge < -0.3 is 14.8 Å². The molecule has 0 atom stereocenters. The Balaban J connectivity index is 1.64. The summed E-state index contributed by atoms with van der Waals surface area (Å²) in [6, 6.07) is 4.63. The van der Waals surface area contributed by atoms with E-state index in [-0.39, 0.29) is 6.10 Å². The van der Waals surface area contributed by atoms with E-state index in [1.807, 2.05) is 19.1 Å². The van der Waals surface area contributed by atoms with Gasteiger partial charge in [0, 0.05) is 19.0 Å². The smallest absolute Gasteiger partial charge is 0.105 e. The van der Waals surface area contributed by atoms with Crippen LogP contribution in [-0.2, 0) is 6.42 Å². The third-order valence-corrected chi connectivity index (χ3v) is 3.30. The zero-order valence-electron chi connectivity index (χ0n) is 9.91. The van der Waals surface area contributed by atoms with Gasteiger partial charge in [0.15, 0.2) is 0 Å². The highest BCUT2D eigenvalue weighted by molar-refractivity contribution is 5.05. The summed E-state index contributed by atoms with van der Waals surface area (Å²) in [4.78, 5) is 0. The summed E-state index contributed by atoms with van der Waals surface area (Å²) in [5, 5.41) is 12.9. The van der Waals surface area contributed by atoms with Crippen molar-refractivity contribution in [3.05, 3.63) is 23.7 Å². The maximum Gasteiger partial charge on any atom is 0.105 e. The van der Waals surface area contributed by atoms with E-state index in [2.05, 4.69) is 5.32 Å². The van der Waals surface area contributed by atoms with Crippen molar-refractivity contribution in [1.29, 1.82) is 0 Å². The zero-order chi connectivity index (χ0) is 11.4. The number of rotatable bonds is 4. The fourth-order valence-corrected chi connectivity index (χ4v) is 2.30. The van der Waals surface area contributed by atoms with E-state index >= 15 is 0 Å². The van der Waals surface area contributed by atoms with Crippen molar-refractivity contribution in [2.75, 3.05) is 6.54 Å². The van der Waals surface area contributed by atoms with Crippen LogP contribution in [0.5, 0.6) is 0 Å². The summed E-state index contributed by atoms with van der Waals surface area (Å²) >= 11 is 0. The highest BCUT2D eigenvalue weighted by Gasteiger charge is 2.18. The van der Waals surface area contributed by atoms with Gasteiger partial charge in [0.25, 0.3) is 0 Å². The highest BCUT2D eigenvalue weighted by Crippen LogP contribution is 2.18. The molecule has 1 aromatic rings. The summed E-state index contributed by atoms with van der Waals surface area (Å²) in [5.74, 6) is 2.04. The first-order valence-electron chi connectivity index (χ1n) is 6.21. The fourth-order valence-electron chi connectivity index (χ4n) is 2.30. The molecule has 1 aliphatic rings. The van der Waals surface area contributed by atoms with Crippen LogP contribution in [0.15, 0.2) is 16.5 Å². The Morgan fingerprint density at radius 2 is 2.06 bits per heavy atom. The molecule has 16 heavy (non-hydrogen) atoms. The van der Waals surface area contributed by atoms with Gasteiger partial charge in [-0.1, -0.05) is 0 Å². The molecule has 0 bridgehead atoms. The first-order chi connectivity index (χ1) is 7.74. The van der Waals surface area contributed by atoms with Crippen molar-refractivity contribution in [3.63, 3.8) is 0 Å². The van der Waals surface area contributed by atoms with Gasteiger partial charge in [-0.05, 0) is 44.7 Å². The van der Waals surface area contributed by atoms with Crippen LogP contribution in [-0.4, -0.2) is 23.8 Å². The second-order valence-corrected chi connectivity index (χ2v) is 4.72. The minimum atomic E-state index is -0.0641. The molecule has 0 unspecified atom stereocenters. The van der Waals surface area contributed by atoms with Crippen molar-refractivity contribution in [3.8, 4) is 0 Å². The minimum Gasteiger partial charge on any atom is -0.466 e. The minimum absolute atomic E-state index is 0.0641. The Morgan fingerprint density at radius 3 is 2.69 bits per heavy atom. The van der Waals surface area contributed by atoms with E-state index < -0.39 is 0 Å². The van der Waals surface area contributed by atoms with Crippen LogP contribution in [0.3, 0.4) is 0 Å². The number of hydrogen-bond donors (Lipinski definition) is 2. The average Bonchev–Trinajstić information content (AvgIpc) is 2.67. The quantitative estimate of drug-likeness (QED) is 0.821. The van der Waals surface area contributed by atoms with E-state index in [9.17, 15) is 5.11 Å². The van der Waals surface area contributed by atoms with Crippen molar-refractivity contribution >= 4 is 0 Å². The molecule has 0 spiro atoms. The Hall–Kier alpha value is -0.800. The standard InChI is InChI=1S/C13H21NO2/c1-10-2-7-13(16-10)8-9-14-11-3-5-12(15)6-4-11/h2,7,11-12,14-15H,3-6,8-9H2,1H3. The predicted octanol–water partition coefficient (Wildman–Crippen LogP) is 2.02. The van der Waals surface area contributed by atoms with Gasteiger partial charge in [-0.15, -0.1) is 0 Å². The van der Waals surface area contributed by atoms with Gasteiger partial charge in [0.05, 0.1) is 6.10 Å². The molecule has 3 heteroatoms. The molecule has 2 N–H and O–H groups in total. The Morgan fingerprint density at radius 1 is 1.31 bits per heavy atom. The summed E-state index contributed by atoms with van der Waals surface area (Å²) in [6.45, 7) is 2.94. The lowest BCUT2D eigenvalue weighted by atomic mass is 9.93. The van der Waals surface area contributed by atoms with E-state index in [0.29, 0.717) is 6.04 Å². The Labute approximate surface area is 96.8 Å². The molecule has 1 aliphatic carbocycles. The first-order valence-corrected chi connectivity index (χ1v) is 6.21. The number of furan rings is 1. The lowest BCUT2D eigenvalue weighted by Crippen LogP contribution is -2.35. The van der Waals surface area contributed by atoms with E-state index in [1.165, 1.54) is 0 Å². The van der Waals surface area contributed by atoms with Crippen molar-refractivity contribution in [2.24, 2.45) is 0 Å². The lowest BCUT2D eigenvalue weighted by Gasteiger charge is -2.26. The first kappa shape index (κ1) is 11.7. The number of aryl methyl sites for hydroxylation is 1. The fraction of sp³-hybridized carbons (Fsp3) is 0.692. The summed E-state index contributed by atoms with van der Waals surface area (Å²) in [6.07, 6.45) is 4.96. The van der Waals surface area contributed by atoms with Crippen molar-refractivity contribution in [1.82, 2.24) is 5.32 Å². The normalized spacial score (nSPS) is 25.9. The van der Waals surface area contributed by atoms with Crippen LogP contribution in [0.4, 0.5) is 0 Å².